The van der Waals surface area contributed by atoms with Crippen molar-refractivity contribution in [3.05, 3.63) is 70.5 Å². The molecule has 0 aliphatic rings. The van der Waals surface area contributed by atoms with Crippen molar-refractivity contribution in [3.8, 4) is 0 Å². The first-order chi connectivity index (χ1) is 8.70. The van der Waals surface area contributed by atoms with Crippen LogP contribution in [-0.2, 0) is 6.42 Å². The highest BCUT2D eigenvalue weighted by Gasteiger charge is 2.14. The number of hydrogen-bond acceptors (Lipinski definition) is 0. The van der Waals surface area contributed by atoms with Crippen molar-refractivity contribution in [2.45, 2.75) is 12.3 Å². The Morgan fingerprint density at radius 3 is 2.50 bits per heavy atom. The Kier molecular flexibility index (Phi) is 4.62. The van der Waals surface area contributed by atoms with E-state index < -0.39 is 0 Å². The van der Waals surface area contributed by atoms with Gasteiger partial charge in [0.25, 0.3) is 0 Å². The van der Waals surface area contributed by atoms with E-state index in [4.69, 9.17) is 23.2 Å². The zero-order chi connectivity index (χ0) is 13.0. The molecule has 2 aromatic carbocycles. The molecule has 0 saturated carbocycles. The highest BCUT2D eigenvalue weighted by atomic mass is 35.5. The second-order valence-corrected chi connectivity index (χ2v) is 4.92. The topological polar surface area (TPSA) is 0 Å². The van der Waals surface area contributed by atoms with Crippen LogP contribution in [0.5, 0.6) is 0 Å². The molecular formula is C15H13Cl2F. The van der Waals surface area contributed by atoms with Gasteiger partial charge in [-0.25, -0.2) is 4.39 Å². The van der Waals surface area contributed by atoms with Crippen molar-refractivity contribution < 1.29 is 4.39 Å². The highest BCUT2D eigenvalue weighted by molar-refractivity contribution is 6.31. The third-order valence-electron chi connectivity index (χ3n) is 2.90. The molecule has 2 aromatic rings. The SMILES string of the molecule is Fc1cccc(CC(CCl)c2ccccc2Cl)c1. The summed E-state index contributed by atoms with van der Waals surface area (Å²) in [6.07, 6.45) is 0.686. The van der Waals surface area contributed by atoms with Crippen LogP contribution in [0.2, 0.25) is 5.02 Å². The molecule has 0 spiro atoms. The molecule has 0 fully saturated rings. The monoisotopic (exact) mass is 282 g/mol. The highest BCUT2D eigenvalue weighted by Crippen LogP contribution is 2.28. The molecule has 0 aromatic heterocycles. The summed E-state index contributed by atoms with van der Waals surface area (Å²) < 4.78 is 13.1. The molecule has 1 atom stereocenters. The van der Waals surface area contributed by atoms with Gasteiger partial charge in [-0.05, 0) is 35.7 Å². The maximum atomic E-state index is 13.1. The molecule has 0 heterocycles. The summed E-state index contributed by atoms with van der Waals surface area (Å²) in [6, 6.07) is 14.2. The third-order valence-corrected chi connectivity index (χ3v) is 3.62. The van der Waals surface area contributed by atoms with Crippen LogP contribution in [0.1, 0.15) is 17.0 Å². The lowest BCUT2D eigenvalue weighted by Crippen LogP contribution is -2.05. The fourth-order valence-corrected chi connectivity index (χ4v) is 2.57. The van der Waals surface area contributed by atoms with E-state index >= 15 is 0 Å². The first-order valence-corrected chi connectivity index (χ1v) is 6.67. The van der Waals surface area contributed by atoms with E-state index in [0.717, 1.165) is 11.1 Å². The van der Waals surface area contributed by atoms with Gasteiger partial charge in [-0.2, -0.15) is 0 Å². The third kappa shape index (κ3) is 3.24. The van der Waals surface area contributed by atoms with E-state index in [2.05, 4.69) is 0 Å². The Labute approximate surface area is 116 Å². The van der Waals surface area contributed by atoms with Gasteiger partial charge in [0.05, 0.1) is 0 Å². The molecular weight excluding hydrogens is 270 g/mol. The van der Waals surface area contributed by atoms with Crippen molar-refractivity contribution in [3.63, 3.8) is 0 Å². The summed E-state index contributed by atoms with van der Waals surface area (Å²) in [5.74, 6) is 0.336. The molecule has 0 aliphatic heterocycles. The van der Waals surface area contributed by atoms with Crippen LogP contribution in [-0.4, -0.2) is 5.88 Å². The Morgan fingerprint density at radius 1 is 1.06 bits per heavy atom. The average molecular weight is 283 g/mol. The molecule has 2 rings (SSSR count). The minimum Gasteiger partial charge on any atom is -0.207 e. The summed E-state index contributed by atoms with van der Waals surface area (Å²) in [5, 5.41) is 0.708. The van der Waals surface area contributed by atoms with Crippen LogP contribution in [0.4, 0.5) is 4.39 Å². The quantitative estimate of drug-likeness (QED) is 0.689. The molecule has 1 unspecified atom stereocenters. The number of hydrogen-bond donors (Lipinski definition) is 0. The maximum absolute atomic E-state index is 13.1. The molecule has 0 amide bonds. The van der Waals surface area contributed by atoms with Crippen LogP contribution >= 0.6 is 23.2 Å². The van der Waals surface area contributed by atoms with Gasteiger partial charge in [-0.1, -0.05) is 41.9 Å². The van der Waals surface area contributed by atoms with Crippen LogP contribution in [0.3, 0.4) is 0 Å². The second kappa shape index (κ2) is 6.21. The zero-order valence-corrected chi connectivity index (χ0v) is 11.3. The fraction of sp³-hybridized carbons (Fsp3) is 0.200. The van der Waals surface area contributed by atoms with Crippen molar-refractivity contribution >= 4 is 23.2 Å². The fourth-order valence-electron chi connectivity index (χ4n) is 2.00. The number of halogens is 3. The van der Waals surface area contributed by atoms with E-state index in [1.165, 1.54) is 12.1 Å². The maximum Gasteiger partial charge on any atom is 0.123 e. The van der Waals surface area contributed by atoms with Crippen LogP contribution in [0, 0.1) is 5.82 Å². The Morgan fingerprint density at radius 2 is 1.83 bits per heavy atom. The first kappa shape index (κ1) is 13.4. The first-order valence-electron chi connectivity index (χ1n) is 5.75. The minimum atomic E-state index is -0.222. The number of benzene rings is 2. The van der Waals surface area contributed by atoms with Gasteiger partial charge in [-0.3, -0.25) is 0 Å². The van der Waals surface area contributed by atoms with Crippen molar-refractivity contribution in [1.82, 2.24) is 0 Å². The van der Waals surface area contributed by atoms with Crippen molar-refractivity contribution in [1.29, 1.82) is 0 Å². The van der Waals surface area contributed by atoms with Gasteiger partial charge in [0.15, 0.2) is 0 Å². The summed E-state index contributed by atoms with van der Waals surface area (Å²) in [5.41, 5.74) is 1.94. The Bertz CT molecular complexity index is 525. The van der Waals surface area contributed by atoms with E-state index in [0.29, 0.717) is 17.3 Å². The van der Waals surface area contributed by atoms with Gasteiger partial charge >= 0.3 is 0 Å². The Balaban J connectivity index is 2.23. The molecule has 0 N–H and O–H groups in total. The number of rotatable bonds is 4. The Hall–Kier alpha value is -1.05. The summed E-state index contributed by atoms with van der Waals surface area (Å²) in [4.78, 5) is 0. The van der Waals surface area contributed by atoms with Gasteiger partial charge in [0.1, 0.15) is 5.82 Å². The summed E-state index contributed by atoms with van der Waals surface area (Å²) in [6.45, 7) is 0. The molecule has 0 bridgehead atoms. The molecule has 0 saturated heterocycles. The van der Waals surface area contributed by atoms with Crippen LogP contribution in [0.15, 0.2) is 48.5 Å². The largest absolute Gasteiger partial charge is 0.207 e. The van der Waals surface area contributed by atoms with Crippen molar-refractivity contribution in [2.75, 3.05) is 5.88 Å². The standard InChI is InChI=1S/C15H13Cl2F/c16-10-12(14-6-1-2-7-15(14)17)8-11-4-3-5-13(18)9-11/h1-7,9,12H,8,10H2. The van der Waals surface area contributed by atoms with E-state index in [1.807, 2.05) is 30.3 Å². The second-order valence-electron chi connectivity index (χ2n) is 4.21. The molecule has 0 radical (unpaired) electrons. The minimum absolute atomic E-state index is 0.0992. The zero-order valence-electron chi connectivity index (χ0n) is 9.74. The van der Waals surface area contributed by atoms with E-state index in [-0.39, 0.29) is 11.7 Å². The van der Waals surface area contributed by atoms with Gasteiger partial charge in [0, 0.05) is 16.8 Å². The molecule has 0 nitrogen and oxygen atoms in total. The lowest BCUT2D eigenvalue weighted by atomic mass is 9.93. The van der Waals surface area contributed by atoms with Gasteiger partial charge in [-0.15, -0.1) is 11.6 Å². The average Bonchev–Trinajstić information content (AvgIpc) is 2.37. The molecule has 94 valence electrons. The van der Waals surface area contributed by atoms with Gasteiger partial charge in [0.2, 0.25) is 0 Å². The summed E-state index contributed by atoms with van der Waals surface area (Å²) in [7, 11) is 0. The molecule has 3 heteroatoms. The number of alkyl halides is 1. The smallest absolute Gasteiger partial charge is 0.123 e. The lowest BCUT2D eigenvalue weighted by molar-refractivity contribution is 0.623. The van der Waals surface area contributed by atoms with E-state index in [1.54, 1.807) is 6.07 Å². The molecule has 18 heavy (non-hydrogen) atoms. The lowest BCUT2D eigenvalue weighted by Gasteiger charge is -2.16. The van der Waals surface area contributed by atoms with Crippen molar-refractivity contribution in [2.24, 2.45) is 0 Å². The summed E-state index contributed by atoms with van der Waals surface area (Å²) >= 11 is 12.2. The van der Waals surface area contributed by atoms with E-state index in [9.17, 15) is 4.39 Å². The predicted molar refractivity (Wildman–Crippen MR) is 75.0 cm³/mol. The van der Waals surface area contributed by atoms with Gasteiger partial charge < -0.3 is 0 Å². The van der Waals surface area contributed by atoms with Crippen LogP contribution < -0.4 is 0 Å². The normalized spacial score (nSPS) is 12.4. The van der Waals surface area contributed by atoms with Crippen LogP contribution in [0.25, 0.3) is 0 Å². The predicted octanol–water partition coefficient (Wildman–Crippen LogP) is 5.04. The molecule has 0 aliphatic carbocycles.